The monoisotopic (exact) mass is 357 g/mol. The molecule has 0 saturated carbocycles. The first kappa shape index (κ1) is 17.6. The van der Waals surface area contributed by atoms with Crippen LogP contribution in [0.25, 0.3) is 22.6 Å². The van der Waals surface area contributed by atoms with Crippen molar-refractivity contribution in [2.24, 2.45) is 0 Å². The maximum Gasteiger partial charge on any atom is 0.332 e. The highest BCUT2D eigenvalue weighted by Crippen LogP contribution is 2.21. The fraction of sp³-hybridized carbons (Fsp3) is 0.353. The second-order valence-electron chi connectivity index (χ2n) is 5.98. The number of aromatic amines is 1. The van der Waals surface area contributed by atoms with Crippen LogP contribution in [0.3, 0.4) is 0 Å². The highest BCUT2D eigenvalue weighted by Gasteiger charge is 2.17. The van der Waals surface area contributed by atoms with Gasteiger partial charge in [0.05, 0.1) is 4.92 Å². The molecule has 26 heavy (non-hydrogen) atoms. The third kappa shape index (κ3) is 2.92. The van der Waals surface area contributed by atoms with Gasteiger partial charge in [0.2, 0.25) is 0 Å². The summed E-state index contributed by atoms with van der Waals surface area (Å²) in [6.07, 6.45) is 1.38. The Labute approximate surface area is 148 Å². The number of benzene rings is 1. The third-order valence-corrected chi connectivity index (χ3v) is 4.11. The number of aromatic nitrogens is 4. The molecule has 1 N–H and O–H groups in total. The Morgan fingerprint density at radius 2 is 1.69 bits per heavy atom. The molecule has 0 spiro atoms. The van der Waals surface area contributed by atoms with Crippen LogP contribution >= 0.6 is 0 Å². The normalized spacial score (nSPS) is 11.2. The largest absolute Gasteiger partial charge is 0.332 e. The zero-order chi connectivity index (χ0) is 18.8. The predicted molar refractivity (Wildman–Crippen MR) is 97.3 cm³/mol. The Bertz CT molecular complexity index is 1080. The number of nitrogens with zero attached hydrogens (tertiary/aromatic N) is 4. The Morgan fingerprint density at radius 1 is 1.08 bits per heavy atom. The Hall–Kier alpha value is -3.23. The fourth-order valence-corrected chi connectivity index (χ4v) is 2.89. The number of imidazole rings is 1. The predicted octanol–water partition coefficient (Wildman–Crippen LogP) is 2.28. The van der Waals surface area contributed by atoms with Gasteiger partial charge in [0.15, 0.2) is 5.65 Å². The van der Waals surface area contributed by atoms with Crippen LogP contribution in [0.4, 0.5) is 5.69 Å². The summed E-state index contributed by atoms with van der Waals surface area (Å²) in [6, 6.07) is 5.86. The van der Waals surface area contributed by atoms with Gasteiger partial charge >= 0.3 is 5.69 Å². The molecule has 136 valence electrons. The molecular formula is C17H19N5O4. The van der Waals surface area contributed by atoms with E-state index in [1.54, 1.807) is 12.1 Å². The van der Waals surface area contributed by atoms with Crippen molar-refractivity contribution < 1.29 is 4.92 Å². The standard InChI is InChI=1S/C17H19N5O4/c1-3-9-20-15-13(16(23)21(10-4-2)17(20)24)18-14(19-15)11-5-7-12(8-6-11)22(25)26/h5-8H,3-4,9-10H2,1-2H3,(H,18,19). The average Bonchev–Trinajstić information content (AvgIpc) is 3.08. The van der Waals surface area contributed by atoms with E-state index < -0.39 is 10.5 Å². The topological polar surface area (TPSA) is 116 Å². The zero-order valence-corrected chi connectivity index (χ0v) is 14.6. The van der Waals surface area contributed by atoms with Gasteiger partial charge in [-0.25, -0.2) is 9.78 Å². The lowest BCUT2D eigenvalue weighted by Crippen LogP contribution is -2.40. The van der Waals surface area contributed by atoms with Gasteiger partial charge in [0.1, 0.15) is 11.3 Å². The molecule has 2 aromatic heterocycles. The van der Waals surface area contributed by atoms with Gasteiger partial charge in [0.25, 0.3) is 11.2 Å². The molecule has 0 atom stereocenters. The molecule has 1 aromatic carbocycles. The second-order valence-corrected chi connectivity index (χ2v) is 5.98. The van der Waals surface area contributed by atoms with E-state index in [0.717, 1.165) is 6.42 Å². The number of nitrogens with one attached hydrogen (secondary N) is 1. The van der Waals surface area contributed by atoms with Crippen molar-refractivity contribution >= 4 is 16.9 Å². The molecule has 0 saturated heterocycles. The van der Waals surface area contributed by atoms with E-state index in [0.29, 0.717) is 36.5 Å². The number of nitro benzene ring substituents is 1. The van der Waals surface area contributed by atoms with Crippen LogP contribution < -0.4 is 11.2 Å². The molecular weight excluding hydrogens is 338 g/mol. The molecule has 0 bridgehead atoms. The summed E-state index contributed by atoms with van der Waals surface area (Å²) in [5.74, 6) is 0.394. The smallest absolute Gasteiger partial charge is 0.332 e. The lowest BCUT2D eigenvalue weighted by Gasteiger charge is -2.09. The number of non-ortho nitro benzene ring substituents is 1. The van der Waals surface area contributed by atoms with Crippen molar-refractivity contribution in [2.45, 2.75) is 39.8 Å². The van der Waals surface area contributed by atoms with Crippen molar-refractivity contribution in [1.82, 2.24) is 19.1 Å². The summed E-state index contributed by atoms with van der Waals surface area (Å²) in [4.78, 5) is 43.0. The van der Waals surface area contributed by atoms with Gasteiger partial charge in [0, 0.05) is 30.8 Å². The molecule has 0 radical (unpaired) electrons. The van der Waals surface area contributed by atoms with Crippen molar-refractivity contribution in [3.8, 4) is 11.4 Å². The lowest BCUT2D eigenvalue weighted by atomic mass is 10.2. The summed E-state index contributed by atoms with van der Waals surface area (Å²) in [5.41, 5.74) is 0.372. The van der Waals surface area contributed by atoms with Crippen LogP contribution in [0.1, 0.15) is 26.7 Å². The summed E-state index contributed by atoms with van der Waals surface area (Å²) in [7, 11) is 0. The lowest BCUT2D eigenvalue weighted by molar-refractivity contribution is -0.384. The molecule has 3 rings (SSSR count). The quantitative estimate of drug-likeness (QED) is 0.537. The van der Waals surface area contributed by atoms with E-state index in [1.165, 1.54) is 21.3 Å². The van der Waals surface area contributed by atoms with Gasteiger partial charge in [-0.3, -0.25) is 24.0 Å². The maximum atomic E-state index is 12.7. The molecule has 0 aliphatic carbocycles. The van der Waals surface area contributed by atoms with Crippen LogP contribution in [0, 0.1) is 10.1 Å². The minimum atomic E-state index is -0.481. The number of aryl methyl sites for hydroxylation is 1. The molecule has 0 amide bonds. The Kier molecular flexibility index (Phi) is 4.70. The van der Waals surface area contributed by atoms with Gasteiger partial charge in [-0.1, -0.05) is 13.8 Å². The summed E-state index contributed by atoms with van der Waals surface area (Å²) < 4.78 is 2.72. The summed E-state index contributed by atoms with van der Waals surface area (Å²) in [6.45, 7) is 4.63. The van der Waals surface area contributed by atoms with E-state index in [-0.39, 0.29) is 16.9 Å². The van der Waals surface area contributed by atoms with E-state index in [9.17, 15) is 19.7 Å². The molecule has 2 heterocycles. The molecule has 0 unspecified atom stereocenters. The summed E-state index contributed by atoms with van der Waals surface area (Å²) in [5, 5.41) is 10.8. The first-order valence-corrected chi connectivity index (χ1v) is 8.46. The first-order valence-electron chi connectivity index (χ1n) is 8.46. The molecule has 9 nitrogen and oxygen atoms in total. The number of nitro groups is 1. The number of rotatable bonds is 6. The fourth-order valence-electron chi connectivity index (χ4n) is 2.89. The summed E-state index contributed by atoms with van der Waals surface area (Å²) >= 11 is 0. The van der Waals surface area contributed by atoms with Crippen molar-refractivity contribution in [2.75, 3.05) is 0 Å². The van der Waals surface area contributed by atoms with E-state index >= 15 is 0 Å². The van der Waals surface area contributed by atoms with Gasteiger partial charge in [-0.05, 0) is 25.0 Å². The maximum absolute atomic E-state index is 12.7. The Balaban J connectivity index is 2.22. The SMILES string of the molecule is CCCn1c(=O)c2[nH]c(-c3ccc([N+](=O)[O-])cc3)nc2n(CCC)c1=O. The third-order valence-electron chi connectivity index (χ3n) is 4.11. The Morgan fingerprint density at radius 3 is 2.27 bits per heavy atom. The minimum Gasteiger partial charge on any atom is -0.332 e. The van der Waals surface area contributed by atoms with Crippen molar-refractivity contribution in [1.29, 1.82) is 0 Å². The minimum absolute atomic E-state index is 0.0296. The molecule has 3 aromatic rings. The van der Waals surface area contributed by atoms with Crippen LogP contribution in [-0.4, -0.2) is 24.0 Å². The molecule has 0 aliphatic heterocycles. The second kappa shape index (κ2) is 6.95. The van der Waals surface area contributed by atoms with Crippen LogP contribution in [0.15, 0.2) is 33.9 Å². The van der Waals surface area contributed by atoms with E-state index in [1.807, 2.05) is 13.8 Å². The van der Waals surface area contributed by atoms with Gasteiger partial charge in [-0.15, -0.1) is 0 Å². The van der Waals surface area contributed by atoms with Crippen molar-refractivity contribution in [3.63, 3.8) is 0 Å². The average molecular weight is 357 g/mol. The molecule has 0 aliphatic rings. The van der Waals surface area contributed by atoms with E-state index in [4.69, 9.17) is 0 Å². The van der Waals surface area contributed by atoms with Gasteiger partial charge < -0.3 is 4.98 Å². The number of H-pyrrole nitrogens is 1. The molecule has 0 fully saturated rings. The van der Waals surface area contributed by atoms with Crippen LogP contribution in [-0.2, 0) is 13.1 Å². The number of hydrogen-bond donors (Lipinski definition) is 1. The van der Waals surface area contributed by atoms with Crippen LogP contribution in [0.5, 0.6) is 0 Å². The molecule has 9 heteroatoms. The highest BCUT2D eigenvalue weighted by molar-refractivity contribution is 5.75. The number of fused-ring (bicyclic) bond motifs is 1. The van der Waals surface area contributed by atoms with Crippen LogP contribution in [0.2, 0.25) is 0 Å². The van der Waals surface area contributed by atoms with Crippen molar-refractivity contribution in [3.05, 3.63) is 55.2 Å². The van der Waals surface area contributed by atoms with Gasteiger partial charge in [-0.2, -0.15) is 0 Å². The highest BCUT2D eigenvalue weighted by atomic mass is 16.6. The zero-order valence-electron chi connectivity index (χ0n) is 14.6. The first-order chi connectivity index (χ1) is 12.5. The number of hydrogen-bond acceptors (Lipinski definition) is 5. The van der Waals surface area contributed by atoms with E-state index in [2.05, 4.69) is 9.97 Å².